The SMILES string of the molecule is CCn1c(-c2ccccc2)c(C(=O)COC(=O)C=Cc2ccc(OCC#N)c(OC)c2)c2ccccc21. The Morgan fingerprint density at radius 1 is 1.00 bits per heavy atom. The van der Waals surface area contributed by atoms with Crippen molar-refractivity contribution in [2.75, 3.05) is 20.3 Å². The molecule has 0 aliphatic rings. The fraction of sp³-hybridized carbons (Fsp3) is 0.167. The Bertz CT molecular complexity index is 1500. The summed E-state index contributed by atoms with van der Waals surface area (Å²) < 4.78 is 18.0. The number of fused-ring (bicyclic) bond motifs is 1. The van der Waals surface area contributed by atoms with Crippen LogP contribution in [0.3, 0.4) is 0 Å². The molecule has 0 amide bonds. The highest BCUT2D eigenvalue weighted by atomic mass is 16.5. The topological polar surface area (TPSA) is 90.5 Å². The number of nitrogens with zero attached hydrogens (tertiary/aromatic N) is 2. The Labute approximate surface area is 215 Å². The van der Waals surface area contributed by atoms with Gasteiger partial charge in [0.25, 0.3) is 0 Å². The lowest BCUT2D eigenvalue weighted by Gasteiger charge is -2.10. The van der Waals surface area contributed by atoms with E-state index in [0.29, 0.717) is 29.2 Å². The van der Waals surface area contributed by atoms with E-state index < -0.39 is 5.97 Å². The van der Waals surface area contributed by atoms with Crippen LogP contribution in [0.15, 0.2) is 78.9 Å². The first-order valence-corrected chi connectivity index (χ1v) is 11.8. The highest BCUT2D eigenvalue weighted by molar-refractivity contribution is 6.14. The third-order valence-corrected chi connectivity index (χ3v) is 5.85. The number of methoxy groups -OCH3 is 1. The summed E-state index contributed by atoms with van der Waals surface area (Å²) >= 11 is 0. The Morgan fingerprint density at radius 3 is 2.49 bits per heavy atom. The largest absolute Gasteiger partial charge is 0.493 e. The van der Waals surface area contributed by atoms with Gasteiger partial charge in [0, 0.05) is 23.5 Å². The van der Waals surface area contributed by atoms with Crippen molar-refractivity contribution in [1.29, 1.82) is 5.26 Å². The van der Waals surface area contributed by atoms with E-state index in [0.717, 1.165) is 22.2 Å². The smallest absolute Gasteiger partial charge is 0.331 e. The summed E-state index contributed by atoms with van der Waals surface area (Å²) in [6, 6.07) is 24.4. The number of ketones is 1. The molecule has 0 radical (unpaired) electrons. The number of nitriles is 1. The number of benzene rings is 3. The van der Waals surface area contributed by atoms with Gasteiger partial charge in [-0.2, -0.15) is 5.26 Å². The summed E-state index contributed by atoms with van der Waals surface area (Å²) in [4.78, 5) is 25.8. The number of para-hydroxylation sites is 1. The molecule has 186 valence electrons. The second-order valence-corrected chi connectivity index (χ2v) is 8.07. The van der Waals surface area contributed by atoms with Crippen LogP contribution in [-0.2, 0) is 16.1 Å². The third kappa shape index (κ3) is 5.54. The molecule has 0 N–H and O–H groups in total. The average molecular weight is 495 g/mol. The fourth-order valence-corrected chi connectivity index (χ4v) is 4.25. The van der Waals surface area contributed by atoms with Crippen molar-refractivity contribution in [3.8, 4) is 28.8 Å². The van der Waals surface area contributed by atoms with Crippen LogP contribution in [0.1, 0.15) is 22.8 Å². The van der Waals surface area contributed by atoms with E-state index in [1.54, 1.807) is 24.3 Å². The monoisotopic (exact) mass is 494 g/mol. The van der Waals surface area contributed by atoms with Crippen LogP contribution in [0.4, 0.5) is 0 Å². The first-order chi connectivity index (χ1) is 18.1. The molecule has 0 aliphatic heterocycles. The van der Waals surface area contributed by atoms with E-state index in [4.69, 9.17) is 19.5 Å². The number of esters is 1. The minimum absolute atomic E-state index is 0.102. The van der Waals surface area contributed by atoms with Crippen molar-refractivity contribution in [3.63, 3.8) is 0 Å². The molecule has 7 heteroatoms. The molecule has 0 aliphatic carbocycles. The predicted molar refractivity (Wildman–Crippen MR) is 141 cm³/mol. The summed E-state index contributed by atoms with van der Waals surface area (Å²) in [6.07, 6.45) is 2.81. The van der Waals surface area contributed by atoms with Gasteiger partial charge in [0.1, 0.15) is 6.07 Å². The van der Waals surface area contributed by atoms with Crippen molar-refractivity contribution in [2.24, 2.45) is 0 Å². The zero-order valence-electron chi connectivity index (χ0n) is 20.6. The van der Waals surface area contributed by atoms with Crippen LogP contribution in [0.25, 0.3) is 28.2 Å². The Kier molecular flexibility index (Phi) is 8.01. The van der Waals surface area contributed by atoms with Crippen LogP contribution < -0.4 is 9.47 Å². The second-order valence-electron chi connectivity index (χ2n) is 8.07. The van der Waals surface area contributed by atoms with Crippen molar-refractivity contribution < 1.29 is 23.8 Å². The normalized spacial score (nSPS) is 10.8. The lowest BCUT2D eigenvalue weighted by atomic mass is 10.0. The molecule has 1 aromatic heterocycles. The lowest BCUT2D eigenvalue weighted by Crippen LogP contribution is -2.13. The molecular formula is C30H26N2O5. The number of ether oxygens (including phenoxy) is 3. The zero-order chi connectivity index (χ0) is 26.2. The number of Topliss-reactive ketones (excluding diaryl/α,β-unsaturated/α-hetero) is 1. The first kappa shape index (κ1) is 25.3. The predicted octanol–water partition coefficient (Wildman–Crippen LogP) is 5.68. The molecule has 0 bridgehead atoms. The second kappa shape index (κ2) is 11.7. The third-order valence-electron chi connectivity index (χ3n) is 5.85. The van der Waals surface area contributed by atoms with Gasteiger partial charge in [-0.05, 0) is 42.3 Å². The maximum absolute atomic E-state index is 13.4. The molecule has 3 aromatic carbocycles. The highest BCUT2D eigenvalue weighted by Gasteiger charge is 2.23. The number of hydrogen-bond acceptors (Lipinski definition) is 6. The van der Waals surface area contributed by atoms with Gasteiger partial charge < -0.3 is 18.8 Å². The lowest BCUT2D eigenvalue weighted by molar-refractivity contribution is -0.136. The minimum Gasteiger partial charge on any atom is -0.493 e. The molecule has 0 saturated carbocycles. The van der Waals surface area contributed by atoms with E-state index in [1.165, 1.54) is 13.2 Å². The maximum atomic E-state index is 13.4. The fourth-order valence-electron chi connectivity index (χ4n) is 4.25. The molecule has 37 heavy (non-hydrogen) atoms. The number of aromatic nitrogens is 1. The van der Waals surface area contributed by atoms with E-state index in [9.17, 15) is 9.59 Å². The molecule has 0 unspecified atom stereocenters. The van der Waals surface area contributed by atoms with Crippen LogP contribution in [-0.4, -0.2) is 36.6 Å². The molecule has 0 saturated heterocycles. The van der Waals surface area contributed by atoms with Crippen LogP contribution >= 0.6 is 0 Å². The number of carbonyl (C=O) groups excluding carboxylic acids is 2. The van der Waals surface area contributed by atoms with Gasteiger partial charge >= 0.3 is 5.97 Å². The maximum Gasteiger partial charge on any atom is 0.331 e. The molecule has 4 aromatic rings. The van der Waals surface area contributed by atoms with E-state index in [2.05, 4.69) is 4.57 Å². The molecule has 1 heterocycles. The number of hydrogen-bond donors (Lipinski definition) is 0. The van der Waals surface area contributed by atoms with Crippen molar-refractivity contribution in [2.45, 2.75) is 13.5 Å². The molecule has 0 fully saturated rings. The van der Waals surface area contributed by atoms with E-state index >= 15 is 0 Å². The standard InChI is InChI=1S/C30H26N2O5/c1-3-32-24-12-8-7-11-23(24)29(30(32)22-9-5-4-6-10-22)25(33)20-37-28(34)16-14-21-13-15-26(36-18-17-31)27(19-21)35-2/h4-16,19H,3,18,20H2,1-2H3. The highest BCUT2D eigenvalue weighted by Crippen LogP contribution is 2.34. The van der Waals surface area contributed by atoms with E-state index in [-0.39, 0.29) is 19.0 Å². The summed E-state index contributed by atoms with van der Waals surface area (Å²) in [7, 11) is 1.49. The van der Waals surface area contributed by atoms with Gasteiger partial charge in [-0.15, -0.1) is 0 Å². The van der Waals surface area contributed by atoms with Crippen LogP contribution in [0.2, 0.25) is 0 Å². The van der Waals surface area contributed by atoms with Crippen LogP contribution in [0, 0.1) is 11.3 Å². The van der Waals surface area contributed by atoms with Crippen LogP contribution in [0.5, 0.6) is 11.5 Å². The van der Waals surface area contributed by atoms with E-state index in [1.807, 2.05) is 67.6 Å². The Hall–Kier alpha value is -4.83. The quantitative estimate of drug-likeness (QED) is 0.160. The summed E-state index contributed by atoms with van der Waals surface area (Å²) in [5, 5.41) is 9.51. The molecular weight excluding hydrogens is 468 g/mol. The zero-order valence-corrected chi connectivity index (χ0v) is 20.6. The van der Waals surface area contributed by atoms with Gasteiger partial charge in [0.2, 0.25) is 5.78 Å². The molecule has 7 nitrogen and oxygen atoms in total. The number of carbonyl (C=O) groups is 2. The first-order valence-electron chi connectivity index (χ1n) is 11.8. The van der Waals surface area contributed by atoms with Gasteiger partial charge in [-0.3, -0.25) is 4.79 Å². The van der Waals surface area contributed by atoms with Crippen molar-refractivity contribution in [3.05, 3.63) is 90.0 Å². The minimum atomic E-state index is -0.641. The molecule has 4 rings (SSSR count). The number of rotatable bonds is 10. The summed E-state index contributed by atoms with van der Waals surface area (Å²) in [5.74, 6) is -0.0566. The van der Waals surface area contributed by atoms with Gasteiger partial charge in [0.05, 0.1) is 18.4 Å². The van der Waals surface area contributed by atoms with Crippen molar-refractivity contribution >= 4 is 28.7 Å². The van der Waals surface area contributed by atoms with Gasteiger partial charge in [0.15, 0.2) is 24.7 Å². The summed E-state index contributed by atoms with van der Waals surface area (Å²) in [6.45, 7) is 2.24. The van der Waals surface area contributed by atoms with Gasteiger partial charge in [-0.25, -0.2) is 4.79 Å². The Balaban J connectivity index is 1.53. The average Bonchev–Trinajstić information content (AvgIpc) is 3.28. The molecule has 0 spiro atoms. The van der Waals surface area contributed by atoms with Gasteiger partial charge in [-0.1, -0.05) is 54.6 Å². The van der Waals surface area contributed by atoms with Crippen molar-refractivity contribution in [1.82, 2.24) is 4.57 Å². The summed E-state index contributed by atoms with van der Waals surface area (Å²) in [5.41, 5.74) is 3.90. The Morgan fingerprint density at radius 2 is 1.76 bits per heavy atom. The molecule has 0 atom stereocenters. The number of aryl methyl sites for hydroxylation is 1.